The van der Waals surface area contributed by atoms with Crippen molar-refractivity contribution in [1.82, 2.24) is 9.97 Å². The largest absolute Gasteiger partial charge is 0.392 e. The van der Waals surface area contributed by atoms with Crippen molar-refractivity contribution in [2.24, 2.45) is 5.73 Å². The Labute approximate surface area is 98.2 Å². The standard InChI is InChI=1S/C10H14N4O3/c11-9(16)8-6-17-2-1-14(8)10-12-3-7(5-15)4-13-10/h3-4,8,15H,1-2,5-6H2,(H2,11,16). The second-order valence-corrected chi connectivity index (χ2v) is 3.74. The minimum Gasteiger partial charge on any atom is -0.392 e. The van der Waals surface area contributed by atoms with Crippen molar-refractivity contribution in [3.63, 3.8) is 0 Å². The van der Waals surface area contributed by atoms with Crippen molar-refractivity contribution >= 4 is 11.9 Å². The summed E-state index contributed by atoms with van der Waals surface area (Å²) in [5, 5.41) is 8.89. The highest BCUT2D eigenvalue weighted by atomic mass is 16.5. The van der Waals surface area contributed by atoms with E-state index in [0.29, 0.717) is 24.7 Å². The molecule has 0 spiro atoms. The monoisotopic (exact) mass is 238 g/mol. The maximum Gasteiger partial charge on any atom is 0.242 e. The van der Waals surface area contributed by atoms with Gasteiger partial charge in [-0.1, -0.05) is 0 Å². The van der Waals surface area contributed by atoms with Gasteiger partial charge in [-0.25, -0.2) is 9.97 Å². The van der Waals surface area contributed by atoms with Crippen LogP contribution >= 0.6 is 0 Å². The number of nitrogens with zero attached hydrogens (tertiary/aromatic N) is 3. The highest BCUT2D eigenvalue weighted by Crippen LogP contribution is 2.14. The van der Waals surface area contributed by atoms with Crippen LogP contribution in [0.2, 0.25) is 0 Å². The molecule has 0 saturated carbocycles. The second kappa shape index (κ2) is 5.07. The molecular formula is C10H14N4O3. The molecule has 0 radical (unpaired) electrons. The molecule has 1 aliphatic heterocycles. The van der Waals surface area contributed by atoms with Gasteiger partial charge < -0.3 is 20.5 Å². The summed E-state index contributed by atoms with van der Waals surface area (Å²) in [5.41, 5.74) is 5.92. The summed E-state index contributed by atoms with van der Waals surface area (Å²) >= 11 is 0. The summed E-state index contributed by atoms with van der Waals surface area (Å²) in [7, 11) is 0. The quantitative estimate of drug-likeness (QED) is 0.675. The summed E-state index contributed by atoms with van der Waals surface area (Å²) in [6.45, 7) is 1.17. The van der Waals surface area contributed by atoms with Crippen molar-refractivity contribution in [2.45, 2.75) is 12.6 Å². The van der Waals surface area contributed by atoms with E-state index in [4.69, 9.17) is 15.6 Å². The van der Waals surface area contributed by atoms with Crippen LogP contribution in [-0.2, 0) is 16.1 Å². The van der Waals surface area contributed by atoms with Gasteiger partial charge >= 0.3 is 0 Å². The molecule has 7 nitrogen and oxygen atoms in total. The van der Waals surface area contributed by atoms with Crippen LogP contribution < -0.4 is 10.6 Å². The number of rotatable bonds is 3. The van der Waals surface area contributed by atoms with E-state index in [1.54, 1.807) is 4.90 Å². The zero-order valence-electron chi connectivity index (χ0n) is 9.24. The number of nitrogens with two attached hydrogens (primary N) is 1. The van der Waals surface area contributed by atoms with Gasteiger partial charge in [0.15, 0.2) is 0 Å². The van der Waals surface area contributed by atoms with Crippen LogP contribution in [-0.4, -0.2) is 46.8 Å². The zero-order chi connectivity index (χ0) is 12.3. The Balaban J connectivity index is 2.20. The lowest BCUT2D eigenvalue weighted by molar-refractivity contribution is -0.121. The van der Waals surface area contributed by atoms with Crippen LogP contribution in [0.25, 0.3) is 0 Å². The molecule has 1 fully saturated rings. The van der Waals surface area contributed by atoms with Crippen LogP contribution in [0.1, 0.15) is 5.56 Å². The maximum absolute atomic E-state index is 11.3. The average molecular weight is 238 g/mol. The first-order valence-corrected chi connectivity index (χ1v) is 5.28. The normalized spacial score (nSPS) is 20.3. The first-order chi connectivity index (χ1) is 8.22. The lowest BCUT2D eigenvalue weighted by Crippen LogP contribution is -2.53. The summed E-state index contributed by atoms with van der Waals surface area (Å²) in [6.07, 6.45) is 3.05. The van der Waals surface area contributed by atoms with Gasteiger partial charge in [-0.15, -0.1) is 0 Å². The predicted octanol–water partition coefficient (Wildman–Crippen LogP) is -1.34. The van der Waals surface area contributed by atoms with Gasteiger partial charge in [-0.3, -0.25) is 4.79 Å². The number of carbonyl (C=O) groups excluding carboxylic acids is 1. The molecule has 2 rings (SSSR count). The lowest BCUT2D eigenvalue weighted by Gasteiger charge is -2.33. The van der Waals surface area contributed by atoms with Gasteiger partial charge in [0, 0.05) is 24.5 Å². The molecule has 1 amide bonds. The first-order valence-electron chi connectivity index (χ1n) is 5.28. The number of aromatic nitrogens is 2. The Kier molecular flexibility index (Phi) is 3.50. The summed E-state index contributed by atoms with van der Waals surface area (Å²) < 4.78 is 5.20. The molecule has 17 heavy (non-hydrogen) atoms. The minimum atomic E-state index is -0.538. The Morgan fingerprint density at radius 1 is 1.59 bits per heavy atom. The number of aliphatic hydroxyl groups excluding tert-OH is 1. The molecule has 1 aromatic heterocycles. The molecule has 1 aromatic rings. The number of ether oxygens (including phenoxy) is 1. The van der Waals surface area contributed by atoms with Crippen molar-refractivity contribution in [2.75, 3.05) is 24.7 Å². The van der Waals surface area contributed by atoms with Gasteiger partial charge in [-0.2, -0.15) is 0 Å². The number of hydrogen-bond donors (Lipinski definition) is 2. The van der Waals surface area contributed by atoms with E-state index in [2.05, 4.69) is 9.97 Å². The molecule has 0 aromatic carbocycles. The molecule has 1 saturated heterocycles. The maximum atomic E-state index is 11.3. The fourth-order valence-electron chi connectivity index (χ4n) is 1.66. The predicted molar refractivity (Wildman–Crippen MR) is 59.1 cm³/mol. The molecule has 7 heteroatoms. The number of anilines is 1. The molecule has 0 bridgehead atoms. The number of hydrogen-bond acceptors (Lipinski definition) is 6. The summed E-state index contributed by atoms with van der Waals surface area (Å²) in [5.74, 6) is -0.0335. The van der Waals surface area contributed by atoms with Gasteiger partial charge in [-0.05, 0) is 0 Å². The number of carbonyl (C=O) groups is 1. The Morgan fingerprint density at radius 2 is 2.29 bits per heavy atom. The molecule has 0 aliphatic carbocycles. The zero-order valence-corrected chi connectivity index (χ0v) is 9.24. The van der Waals surface area contributed by atoms with Crippen LogP contribution in [0, 0.1) is 0 Å². The highest BCUT2D eigenvalue weighted by molar-refractivity contribution is 5.83. The number of morpholine rings is 1. The van der Waals surface area contributed by atoms with E-state index in [1.807, 2.05) is 0 Å². The SMILES string of the molecule is NC(=O)C1COCCN1c1ncc(CO)cn1. The average Bonchev–Trinajstić information content (AvgIpc) is 2.39. The van der Waals surface area contributed by atoms with E-state index in [1.165, 1.54) is 12.4 Å². The van der Waals surface area contributed by atoms with Crippen LogP contribution in [0.3, 0.4) is 0 Å². The smallest absolute Gasteiger partial charge is 0.242 e. The van der Waals surface area contributed by atoms with Gasteiger partial charge in [0.2, 0.25) is 11.9 Å². The van der Waals surface area contributed by atoms with Crippen LogP contribution in [0.4, 0.5) is 5.95 Å². The topological polar surface area (TPSA) is 102 Å². The number of primary amides is 1. The Bertz CT molecular complexity index is 395. The molecule has 2 heterocycles. The van der Waals surface area contributed by atoms with Crippen molar-refractivity contribution in [3.05, 3.63) is 18.0 Å². The van der Waals surface area contributed by atoms with Crippen LogP contribution in [0.5, 0.6) is 0 Å². The van der Waals surface area contributed by atoms with Crippen molar-refractivity contribution < 1.29 is 14.6 Å². The van der Waals surface area contributed by atoms with E-state index in [0.717, 1.165) is 0 Å². The Morgan fingerprint density at radius 3 is 2.88 bits per heavy atom. The second-order valence-electron chi connectivity index (χ2n) is 3.74. The third-order valence-corrected chi connectivity index (χ3v) is 2.59. The fourth-order valence-corrected chi connectivity index (χ4v) is 1.66. The van der Waals surface area contributed by atoms with E-state index in [-0.39, 0.29) is 13.2 Å². The number of amides is 1. The molecule has 92 valence electrons. The lowest BCUT2D eigenvalue weighted by atomic mass is 10.2. The fraction of sp³-hybridized carbons (Fsp3) is 0.500. The molecule has 1 aliphatic rings. The Hall–Kier alpha value is -1.73. The summed E-state index contributed by atoms with van der Waals surface area (Å²) in [4.78, 5) is 21.2. The molecule has 3 N–H and O–H groups in total. The van der Waals surface area contributed by atoms with Crippen molar-refractivity contribution in [3.8, 4) is 0 Å². The third-order valence-electron chi connectivity index (χ3n) is 2.59. The first kappa shape index (κ1) is 11.7. The summed E-state index contributed by atoms with van der Waals surface area (Å²) in [6, 6.07) is -0.538. The van der Waals surface area contributed by atoms with Gasteiger partial charge in [0.05, 0.1) is 19.8 Å². The highest BCUT2D eigenvalue weighted by Gasteiger charge is 2.29. The van der Waals surface area contributed by atoms with Gasteiger partial charge in [0.1, 0.15) is 6.04 Å². The minimum absolute atomic E-state index is 0.108. The molecular weight excluding hydrogens is 224 g/mol. The van der Waals surface area contributed by atoms with E-state index in [9.17, 15) is 4.79 Å². The van der Waals surface area contributed by atoms with Gasteiger partial charge in [0.25, 0.3) is 0 Å². The molecule has 1 atom stereocenters. The van der Waals surface area contributed by atoms with E-state index >= 15 is 0 Å². The van der Waals surface area contributed by atoms with E-state index < -0.39 is 11.9 Å². The van der Waals surface area contributed by atoms with Crippen molar-refractivity contribution in [1.29, 1.82) is 0 Å². The third kappa shape index (κ3) is 2.51. The van der Waals surface area contributed by atoms with Crippen LogP contribution in [0.15, 0.2) is 12.4 Å². The number of aliphatic hydroxyl groups is 1. The molecule has 1 unspecified atom stereocenters.